The molecule has 0 saturated heterocycles. The summed E-state index contributed by atoms with van der Waals surface area (Å²) in [5, 5.41) is 7.44. The van der Waals surface area contributed by atoms with Gasteiger partial charge in [0.15, 0.2) is 23.1 Å². The molecular weight excluding hydrogens is 540 g/mol. The molecule has 0 fully saturated rings. The number of rotatable bonds is 10. The van der Waals surface area contributed by atoms with Crippen molar-refractivity contribution < 1.29 is 32.1 Å². The molecule has 2 unspecified atom stereocenters. The number of methoxy groups -OCH3 is 3. The maximum atomic E-state index is 13.7. The van der Waals surface area contributed by atoms with E-state index in [0.717, 1.165) is 5.56 Å². The zero-order chi connectivity index (χ0) is 28.4. The number of hydrogen-bond donors (Lipinski definition) is 1. The summed E-state index contributed by atoms with van der Waals surface area (Å²) in [4.78, 5) is 8.51. The molecule has 0 saturated carbocycles. The molecule has 1 aliphatic heterocycles. The van der Waals surface area contributed by atoms with Crippen LogP contribution >= 0.6 is 0 Å². The van der Waals surface area contributed by atoms with Crippen molar-refractivity contribution in [3.8, 4) is 40.1 Å². The molecule has 0 spiro atoms. The highest BCUT2D eigenvalue weighted by Crippen LogP contribution is 2.40. The van der Waals surface area contributed by atoms with Gasteiger partial charge in [-0.3, -0.25) is 9.29 Å². The Balaban J connectivity index is 1.62. The third-order valence-electron chi connectivity index (χ3n) is 6.38. The van der Waals surface area contributed by atoms with Crippen molar-refractivity contribution in [2.24, 2.45) is 0 Å². The normalized spacial score (nSPS) is 14.0. The van der Waals surface area contributed by atoms with Gasteiger partial charge in [0.2, 0.25) is 22.8 Å². The summed E-state index contributed by atoms with van der Waals surface area (Å²) in [6.45, 7) is 3.44. The predicted octanol–water partition coefficient (Wildman–Crippen LogP) is 3.30. The summed E-state index contributed by atoms with van der Waals surface area (Å²) < 4.78 is 59.2. The van der Waals surface area contributed by atoms with Crippen LogP contribution in [0, 0.1) is 6.92 Å². The number of nitrogens with zero attached hydrogens (tertiary/aromatic N) is 5. The number of para-hydroxylation sites is 1. The highest BCUT2D eigenvalue weighted by Gasteiger charge is 2.35. The van der Waals surface area contributed by atoms with Gasteiger partial charge in [-0.2, -0.15) is 0 Å². The molecule has 0 bridgehead atoms. The summed E-state index contributed by atoms with van der Waals surface area (Å²) in [5.41, 5.74) is 1.81. The van der Waals surface area contributed by atoms with E-state index in [1.165, 1.54) is 32.8 Å². The van der Waals surface area contributed by atoms with Gasteiger partial charge in [-0.1, -0.05) is 6.07 Å². The Morgan fingerprint density at radius 2 is 1.65 bits per heavy atom. The van der Waals surface area contributed by atoms with Crippen LogP contribution in [0.25, 0.3) is 17.1 Å². The largest absolute Gasteiger partial charge is 0.494 e. The van der Waals surface area contributed by atoms with Crippen molar-refractivity contribution in [2.75, 3.05) is 32.8 Å². The average molecular weight is 569 g/mol. The lowest BCUT2D eigenvalue weighted by atomic mass is 10.1. The standard InChI is InChI=1S/C26H28N6O7S/c1-15-12-27-24(28-13-15)23(37-5)16(2)40(33,34)31-26-30-29-25(17-9-10-18-21(11-17)39-14-38-18)32(26)22-19(35-3)7-6-8-20(22)36-4/h6-13,16,23H,14H2,1-5H3,(H,30,31). The molecule has 14 heteroatoms. The molecule has 13 nitrogen and oxygen atoms in total. The van der Waals surface area contributed by atoms with Gasteiger partial charge in [0.1, 0.15) is 28.5 Å². The molecule has 0 amide bonds. The minimum atomic E-state index is -4.14. The number of anilines is 1. The van der Waals surface area contributed by atoms with Crippen LogP contribution in [-0.4, -0.2) is 66.5 Å². The zero-order valence-corrected chi connectivity index (χ0v) is 23.3. The highest BCUT2D eigenvalue weighted by molar-refractivity contribution is 7.93. The number of aromatic nitrogens is 5. The molecule has 2 aromatic carbocycles. The summed E-state index contributed by atoms with van der Waals surface area (Å²) >= 11 is 0. The fraction of sp³-hybridized carbons (Fsp3) is 0.308. The van der Waals surface area contributed by atoms with Crippen molar-refractivity contribution in [1.82, 2.24) is 24.7 Å². The molecule has 4 aromatic rings. The van der Waals surface area contributed by atoms with Gasteiger partial charge in [0.05, 0.1) is 14.2 Å². The van der Waals surface area contributed by atoms with Crippen LogP contribution in [0.1, 0.15) is 24.4 Å². The van der Waals surface area contributed by atoms with Crippen LogP contribution < -0.4 is 23.7 Å². The summed E-state index contributed by atoms with van der Waals surface area (Å²) in [7, 11) is 0.266. The minimum absolute atomic E-state index is 0.0954. The highest BCUT2D eigenvalue weighted by atomic mass is 32.2. The maximum Gasteiger partial charge on any atom is 0.243 e. The topological polar surface area (TPSA) is 149 Å². The van der Waals surface area contributed by atoms with E-state index in [1.807, 2.05) is 6.92 Å². The molecule has 0 aliphatic carbocycles. The Morgan fingerprint density at radius 3 is 2.30 bits per heavy atom. The van der Waals surface area contributed by atoms with Crippen molar-refractivity contribution in [2.45, 2.75) is 25.2 Å². The lowest BCUT2D eigenvalue weighted by Gasteiger charge is -2.23. The van der Waals surface area contributed by atoms with Crippen LogP contribution in [0.15, 0.2) is 48.8 Å². The van der Waals surface area contributed by atoms with Gasteiger partial charge in [-0.05, 0) is 49.7 Å². The number of sulfonamides is 1. The fourth-order valence-electron chi connectivity index (χ4n) is 4.28. The number of fused-ring (bicyclic) bond motifs is 1. The van der Waals surface area contributed by atoms with Crippen LogP contribution in [0.4, 0.5) is 5.95 Å². The monoisotopic (exact) mass is 568 g/mol. The molecule has 40 heavy (non-hydrogen) atoms. The van der Waals surface area contributed by atoms with E-state index in [9.17, 15) is 8.42 Å². The van der Waals surface area contributed by atoms with Crippen molar-refractivity contribution >= 4 is 16.0 Å². The summed E-state index contributed by atoms with van der Waals surface area (Å²) in [6.07, 6.45) is 2.25. The van der Waals surface area contributed by atoms with Gasteiger partial charge in [-0.15, -0.1) is 10.2 Å². The molecule has 5 rings (SSSR count). The number of hydrogen-bond acceptors (Lipinski definition) is 11. The van der Waals surface area contributed by atoms with Crippen LogP contribution in [0.5, 0.6) is 23.0 Å². The molecule has 0 radical (unpaired) electrons. The molecule has 1 aliphatic rings. The quantitative estimate of drug-likeness (QED) is 0.300. The van der Waals surface area contributed by atoms with Gasteiger partial charge in [-0.25, -0.2) is 18.4 Å². The lowest BCUT2D eigenvalue weighted by Crippen LogP contribution is -2.33. The number of aryl methyl sites for hydroxylation is 1. The van der Waals surface area contributed by atoms with Gasteiger partial charge >= 0.3 is 0 Å². The Kier molecular flexibility index (Phi) is 7.45. The molecule has 1 N–H and O–H groups in total. The zero-order valence-electron chi connectivity index (χ0n) is 22.5. The SMILES string of the molecule is COc1cccc(OC)c1-n1c(NS(=O)(=O)C(C)C(OC)c2ncc(C)cn2)nnc1-c1ccc2c(c1)OCO2. The third-order valence-corrected chi connectivity index (χ3v) is 8.07. The second-order valence-corrected chi connectivity index (χ2v) is 10.9. The lowest BCUT2D eigenvalue weighted by molar-refractivity contribution is 0.0949. The second-order valence-electron chi connectivity index (χ2n) is 8.89. The van der Waals surface area contributed by atoms with Crippen LogP contribution in [-0.2, 0) is 14.8 Å². The minimum Gasteiger partial charge on any atom is -0.494 e. The van der Waals surface area contributed by atoms with E-state index >= 15 is 0 Å². The summed E-state index contributed by atoms with van der Waals surface area (Å²) in [5.74, 6) is 2.35. The Labute approximate surface area is 231 Å². The number of nitrogens with one attached hydrogen (secondary N) is 1. The first-order valence-electron chi connectivity index (χ1n) is 12.2. The molecular formula is C26H28N6O7S. The van der Waals surface area contributed by atoms with E-state index in [2.05, 4.69) is 24.9 Å². The molecule has 210 valence electrons. The first-order valence-corrected chi connectivity index (χ1v) is 13.7. The first kappa shape index (κ1) is 27.1. The fourth-order valence-corrected chi connectivity index (χ4v) is 5.41. The van der Waals surface area contributed by atoms with Gasteiger partial charge in [0, 0.05) is 25.1 Å². The Bertz CT molecular complexity index is 1600. The smallest absolute Gasteiger partial charge is 0.243 e. The van der Waals surface area contributed by atoms with E-state index in [0.29, 0.717) is 40.1 Å². The Morgan fingerprint density at radius 1 is 0.975 bits per heavy atom. The van der Waals surface area contributed by atoms with Crippen molar-refractivity contribution in [3.63, 3.8) is 0 Å². The Hall–Kier alpha value is -4.43. The average Bonchev–Trinajstić information content (AvgIpc) is 3.60. The maximum absolute atomic E-state index is 13.7. The van der Waals surface area contributed by atoms with Gasteiger partial charge in [0.25, 0.3) is 0 Å². The van der Waals surface area contributed by atoms with Crippen LogP contribution in [0.3, 0.4) is 0 Å². The molecule has 2 aromatic heterocycles. The van der Waals surface area contributed by atoms with E-state index in [1.54, 1.807) is 48.8 Å². The van der Waals surface area contributed by atoms with Crippen molar-refractivity contribution in [1.29, 1.82) is 0 Å². The number of benzene rings is 2. The van der Waals surface area contributed by atoms with E-state index in [4.69, 9.17) is 23.7 Å². The van der Waals surface area contributed by atoms with Gasteiger partial charge < -0.3 is 23.7 Å². The molecule has 2 atom stereocenters. The first-order chi connectivity index (χ1) is 19.3. The van der Waals surface area contributed by atoms with Crippen LogP contribution in [0.2, 0.25) is 0 Å². The predicted molar refractivity (Wildman–Crippen MR) is 145 cm³/mol. The summed E-state index contributed by atoms with van der Waals surface area (Å²) in [6, 6.07) is 10.4. The number of ether oxygens (including phenoxy) is 5. The third kappa shape index (κ3) is 4.98. The van der Waals surface area contributed by atoms with Crippen molar-refractivity contribution in [3.05, 3.63) is 60.2 Å². The van der Waals surface area contributed by atoms with E-state index in [-0.39, 0.29) is 18.6 Å². The second kappa shape index (κ2) is 11.0. The van der Waals surface area contributed by atoms with E-state index < -0.39 is 21.4 Å². The molecule has 3 heterocycles.